The monoisotopic (exact) mass is 648 g/mol. The summed E-state index contributed by atoms with van der Waals surface area (Å²) in [6.45, 7) is 3.98. The van der Waals surface area contributed by atoms with Gasteiger partial charge in [-0.05, 0) is 120 Å². The smallest absolute Gasteiger partial charge is 0.323 e. The fourth-order valence-corrected chi connectivity index (χ4v) is 6.08. The summed E-state index contributed by atoms with van der Waals surface area (Å²) in [5.41, 5.74) is 15.2. The molecule has 11 nitrogen and oxygen atoms in total. The van der Waals surface area contributed by atoms with E-state index in [4.69, 9.17) is 5.73 Å². The highest BCUT2D eigenvalue weighted by molar-refractivity contribution is 6.05. The number of nitrogens with two attached hydrogens (primary N) is 1. The molecule has 0 saturated heterocycles. The number of nitrogens with zero attached hydrogens (tertiary/aromatic N) is 2. The molecule has 0 unspecified atom stereocenters. The van der Waals surface area contributed by atoms with Crippen molar-refractivity contribution >= 4 is 29.2 Å². The van der Waals surface area contributed by atoms with Crippen LogP contribution in [0.3, 0.4) is 0 Å². The van der Waals surface area contributed by atoms with E-state index in [2.05, 4.69) is 25.9 Å². The molecule has 7 N–H and O–H groups in total. The van der Waals surface area contributed by atoms with Gasteiger partial charge >= 0.3 is 5.97 Å². The van der Waals surface area contributed by atoms with E-state index in [0.717, 1.165) is 70.2 Å². The number of aromatic nitrogens is 2. The minimum atomic E-state index is -1.13. The van der Waals surface area contributed by atoms with Crippen LogP contribution in [-0.4, -0.2) is 50.6 Å². The van der Waals surface area contributed by atoms with Gasteiger partial charge in [0, 0.05) is 36.9 Å². The summed E-state index contributed by atoms with van der Waals surface area (Å²) in [6, 6.07) is 14.0. The molecule has 48 heavy (non-hydrogen) atoms. The Bertz CT molecular complexity index is 1880. The van der Waals surface area contributed by atoms with Gasteiger partial charge in [0.05, 0.1) is 6.61 Å². The number of aliphatic hydroxyl groups is 1. The van der Waals surface area contributed by atoms with Crippen LogP contribution in [0.15, 0.2) is 60.9 Å². The zero-order valence-corrected chi connectivity index (χ0v) is 27.0. The molecule has 248 valence electrons. The molecule has 2 amide bonds. The number of carbonyl (C=O) groups excluding carboxylic acids is 2. The van der Waals surface area contributed by atoms with Gasteiger partial charge in [0.15, 0.2) is 0 Å². The SMILES string of the molecule is Cc1c(NC(=O)c2cc(C3CC3)c(CN)cn2)cccc1-c1cccc(NC(=O)c2cc(C3CC3)c(CN[C@@H](CO)C(=O)O)cn2)c1C. The first kappa shape index (κ1) is 33.0. The molecule has 2 aliphatic carbocycles. The first-order chi connectivity index (χ1) is 23.2. The number of carboxylic acid groups (broad SMARTS) is 1. The number of amides is 2. The van der Waals surface area contributed by atoms with Crippen molar-refractivity contribution in [1.29, 1.82) is 0 Å². The second kappa shape index (κ2) is 14.0. The predicted octanol–water partition coefficient (Wildman–Crippen LogP) is 5.01. The largest absolute Gasteiger partial charge is 0.480 e. The maximum Gasteiger partial charge on any atom is 0.323 e. The second-order valence-corrected chi connectivity index (χ2v) is 12.6. The topological polar surface area (TPSA) is 180 Å². The molecule has 6 rings (SSSR count). The van der Waals surface area contributed by atoms with E-state index >= 15 is 0 Å². The lowest BCUT2D eigenvalue weighted by atomic mass is 9.94. The number of carboxylic acids is 1. The molecule has 0 aliphatic heterocycles. The Morgan fingerprint density at radius 1 is 0.812 bits per heavy atom. The van der Waals surface area contributed by atoms with E-state index in [-0.39, 0.29) is 30.0 Å². The van der Waals surface area contributed by atoms with Gasteiger partial charge in [-0.25, -0.2) is 0 Å². The third-order valence-electron chi connectivity index (χ3n) is 9.24. The molecular formula is C37H40N6O5. The summed E-state index contributed by atoms with van der Waals surface area (Å²) in [7, 11) is 0. The Hall–Kier alpha value is -4.97. The molecule has 11 heteroatoms. The van der Waals surface area contributed by atoms with Crippen LogP contribution in [0.2, 0.25) is 0 Å². The zero-order valence-electron chi connectivity index (χ0n) is 27.0. The van der Waals surface area contributed by atoms with E-state index < -0.39 is 18.6 Å². The van der Waals surface area contributed by atoms with Gasteiger partial charge in [-0.3, -0.25) is 29.7 Å². The van der Waals surface area contributed by atoms with Crippen molar-refractivity contribution in [3.05, 3.63) is 106 Å². The Morgan fingerprint density at radius 3 is 1.73 bits per heavy atom. The van der Waals surface area contributed by atoms with Crippen LogP contribution in [0.1, 0.15) is 91.9 Å². The van der Waals surface area contributed by atoms with Gasteiger partial charge in [-0.2, -0.15) is 0 Å². The lowest BCUT2D eigenvalue weighted by Gasteiger charge is -2.17. The van der Waals surface area contributed by atoms with E-state index in [9.17, 15) is 24.6 Å². The Balaban J connectivity index is 1.19. The van der Waals surface area contributed by atoms with Crippen molar-refractivity contribution in [3.8, 4) is 11.1 Å². The van der Waals surface area contributed by atoms with E-state index in [0.29, 0.717) is 29.5 Å². The van der Waals surface area contributed by atoms with Crippen molar-refractivity contribution in [3.63, 3.8) is 0 Å². The molecule has 0 bridgehead atoms. The van der Waals surface area contributed by atoms with Crippen LogP contribution in [0.5, 0.6) is 0 Å². The molecule has 2 aromatic carbocycles. The number of carbonyl (C=O) groups is 3. The highest BCUT2D eigenvalue weighted by Crippen LogP contribution is 2.43. The number of hydrogen-bond donors (Lipinski definition) is 6. The van der Waals surface area contributed by atoms with Crippen LogP contribution < -0.4 is 21.7 Å². The van der Waals surface area contributed by atoms with Crippen molar-refractivity contribution in [2.24, 2.45) is 5.73 Å². The lowest BCUT2D eigenvalue weighted by molar-refractivity contribution is -0.140. The fourth-order valence-electron chi connectivity index (χ4n) is 6.08. The molecule has 0 spiro atoms. The number of pyridine rings is 2. The number of aliphatic hydroxyl groups excluding tert-OH is 1. The van der Waals surface area contributed by atoms with Gasteiger partial charge in [-0.15, -0.1) is 0 Å². The first-order valence-electron chi connectivity index (χ1n) is 16.3. The quantitative estimate of drug-likeness (QED) is 0.116. The molecule has 0 radical (unpaired) electrons. The van der Waals surface area contributed by atoms with E-state index in [1.165, 1.54) is 0 Å². The number of nitrogens with one attached hydrogen (secondary N) is 3. The number of aliphatic carboxylic acids is 1. The van der Waals surface area contributed by atoms with Gasteiger partial charge in [0.1, 0.15) is 17.4 Å². The summed E-state index contributed by atoms with van der Waals surface area (Å²) in [5.74, 6) is -1.04. The number of rotatable bonds is 13. The second-order valence-electron chi connectivity index (χ2n) is 12.6. The van der Waals surface area contributed by atoms with Crippen LogP contribution >= 0.6 is 0 Å². The molecule has 1 atom stereocenters. The average Bonchev–Trinajstić information content (AvgIpc) is 4.01. The summed E-state index contributed by atoms with van der Waals surface area (Å²) < 4.78 is 0. The Kier molecular flexibility index (Phi) is 9.63. The van der Waals surface area contributed by atoms with Gasteiger partial charge in [-0.1, -0.05) is 24.3 Å². The molecule has 2 heterocycles. The highest BCUT2D eigenvalue weighted by Gasteiger charge is 2.29. The summed E-state index contributed by atoms with van der Waals surface area (Å²) >= 11 is 0. The van der Waals surface area contributed by atoms with Crippen molar-refractivity contribution in [2.75, 3.05) is 17.2 Å². The third-order valence-corrected chi connectivity index (χ3v) is 9.24. The Labute approximate surface area is 279 Å². The lowest BCUT2D eigenvalue weighted by Crippen LogP contribution is -2.39. The zero-order chi connectivity index (χ0) is 33.9. The van der Waals surface area contributed by atoms with Crippen molar-refractivity contribution in [2.45, 2.75) is 70.5 Å². The summed E-state index contributed by atoms with van der Waals surface area (Å²) in [4.78, 5) is 46.8. The highest BCUT2D eigenvalue weighted by atomic mass is 16.4. The molecule has 2 aromatic heterocycles. The van der Waals surface area contributed by atoms with Gasteiger partial charge < -0.3 is 26.6 Å². The number of anilines is 2. The number of benzene rings is 2. The molecular weight excluding hydrogens is 608 g/mol. The van der Waals surface area contributed by atoms with E-state index in [1.807, 2.05) is 56.3 Å². The minimum absolute atomic E-state index is 0.219. The molecule has 2 saturated carbocycles. The standard InChI is InChI=1S/C37H40N6O5/c1-20-26(5-3-7-30(20)42-35(45)32-13-28(22-9-10-22)24(15-38)16-39-32)27-6-4-8-31(21(27)2)43-36(46)33-14-29(23-11-12-23)25(17-40-33)18-41-34(19-44)37(47)48/h3-8,13-14,16-17,22-23,34,41,44H,9-12,15,18-19,38H2,1-2H3,(H,42,45)(H,43,46)(H,47,48)/t34-/m0/s1. The van der Waals surface area contributed by atoms with Gasteiger partial charge in [0.2, 0.25) is 0 Å². The molecule has 4 aromatic rings. The third kappa shape index (κ3) is 7.13. The van der Waals surface area contributed by atoms with Gasteiger partial charge in [0.25, 0.3) is 11.8 Å². The van der Waals surface area contributed by atoms with Crippen LogP contribution in [-0.2, 0) is 17.9 Å². The van der Waals surface area contributed by atoms with Crippen molar-refractivity contribution < 1.29 is 24.6 Å². The van der Waals surface area contributed by atoms with Crippen LogP contribution in [0.25, 0.3) is 11.1 Å². The Morgan fingerprint density at radius 2 is 1.29 bits per heavy atom. The fraction of sp³-hybridized carbons (Fsp3) is 0.324. The minimum Gasteiger partial charge on any atom is -0.480 e. The maximum atomic E-state index is 13.4. The summed E-state index contributed by atoms with van der Waals surface area (Å²) in [6.07, 6.45) is 7.48. The normalized spacial score (nSPS) is 14.8. The average molecular weight is 649 g/mol. The van der Waals surface area contributed by atoms with E-state index in [1.54, 1.807) is 18.5 Å². The first-order valence-corrected chi connectivity index (χ1v) is 16.3. The van der Waals surface area contributed by atoms with Crippen LogP contribution in [0, 0.1) is 13.8 Å². The number of hydrogen-bond acceptors (Lipinski definition) is 8. The van der Waals surface area contributed by atoms with Crippen LogP contribution in [0.4, 0.5) is 11.4 Å². The van der Waals surface area contributed by atoms with Crippen molar-refractivity contribution in [1.82, 2.24) is 15.3 Å². The maximum absolute atomic E-state index is 13.4. The molecule has 2 fully saturated rings. The molecule has 2 aliphatic rings. The summed E-state index contributed by atoms with van der Waals surface area (Å²) in [5, 5.41) is 27.5. The predicted molar refractivity (Wildman–Crippen MR) is 183 cm³/mol.